The molecule has 0 atom stereocenters. The summed E-state index contributed by atoms with van der Waals surface area (Å²) in [5.41, 5.74) is 1.56. The molecule has 0 radical (unpaired) electrons. The molecule has 0 spiro atoms. The van der Waals surface area contributed by atoms with Crippen LogP contribution >= 0.6 is 0 Å². The van der Waals surface area contributed by atoms with Crippen molar-refractivity contribution in [3.8, 4) is 11.5 Å². The van der Waals surface area contributed by atoms with Crippen molar-refractivity contribution in [2.45, 2.75) is 63.5 Å². The standard InChI is InChI=1S/C42H48F3N5O6S/c1-41(2,3)56-39(51)19-20-48-23-25-49(26-24-48)37-15-11-33(27-36(37)47-57(53,54)29-30-7-5-4-6-8-30)40(52)50-21-17-32(18-22-50)31-9-12-34(13-10-31)55-35-14-16-38(46-28-35)42(43,44)45/h4-16,27-28,32,47H,17-26,29H2,1-3H3. The Labute approximate surface area is 331 Å². The van der Waals surface area contributed by atoms with Crippen LogP contribution in [0.25, 0.3) is 0 Å². The summed E-state index contributed by atoms with van der Waals surface area (Å²) in [6.07, 6.45) is -1.78. The van der Waals surface area contributed by atoms with Crippen LogP contribution in [0.4, 0.5) is 24.5 Å². The van der Waals surface area contributed by atoms with Gasteiger partial charge in [-0.3, -0.25) is 19.2 Å². The molecule has 0 aliphatic carbocycles. The summed E-state index contributed by atoms with van der Waals surface area (Å²) in [7, 11) is -3.84. The summed E-state index contributed by atoms with van der Waals surface area (Å²) in [4.78, 5) is 35.7. The molecule has 1 amide bonds. The molecule has 11 nitrogen and oxygen atoms in total. The second kappa shape index (κ2) is 17.6. The Hall–Kier alpha value is -5.15. The Bertz CT molecular complexity index is 2100. The largest absolute Gasteiger partial charge is 0.460 e. The van der Waals surface area contributed by atoms with Crippen molar-refractivity contribution in [3.05, 3.63) is 114 Å². The van der Waals surface area contributed by atoms with Crippen molar-refractivity contribution in [1.82, 2.24) is 14.8 Å². The first kappa shape index (κ1) is 41.5. The van der Waals surface area contributed by atoms with Gasteiger partial charge in [0.05, 0.1) is 29.7 Å². The highest BCUT2D eigenvalue weighted by molar-refractivity contribution is 7.91. The number of aromatic nitrogens is 1. The van der Waals surface area contributed by atoms with Crippen LogP contribution in [0.15, 0.2) is 91.1 Å². The molecule has 57 heavy (non-hydrogen) atoms. The van der Waals surface area contributed by atoms with Crippen LogP contribution in [0.5, 0.6) is 11.5 Å². The second-order valence-corrected chi connectivity index (χ2v) is 17.1. The Morgan fingerprint density at radius 1 is 0.842 bits per heavy atom. The number of esters is 1. The molecule has 2 aliphatic rings. The second-order valence-electron chi connectivity index (χ2n) is 15.4. The minimum atomic E-state index is -4.53. The summed E-state index contributed by atoms with van der Waals surface area (Å²) >= 11 is 0. The summed E-state index contributed by atoms with van der Waals surface area (Å²) in [5.74, 6) is 0.176. The third kappa shape index (κ3) is 11.7. The molecule has 0 saturated carbocycles. The minimum absolute atomic E-state index is 0.182. The molecule has 15 heteroatoms. The van der Waals surface area contributed by atoms with Gasteiger partial charge in [0.15, 0.2) is 0 Å². The highest BCUT2D eigenvalue weighted by Crippen LogP contribution is 2.34. The number of piperidine rings is 1. The first-order chi connectivity index (χ1) is 27.0. The average molecular weight is 808 g/mol. The number of nitrogens with zero attached hydrogens (tertiary/aromatic N) is 4. The zero-order valence-electron chi connectivity index (χ0n) is 32.3. The molecule has 0 bridgehead atoms. The number of alkyl halides is 3. The van der Waals surface area contributed by atoms with Crippen LogP contribution in [0.3, 0.4) is 0 Å². The fraction of sp³-hybridized carbons (Fsp3) is 0.405. The highest BCUT2D eigenvalue weighted by atomic mass is 32.2. The first-order valence-electron chi connectivity index (χ1n) is 19.0. The van der Waals surface area contributed by atoms with Gasteiger partial charge in [0, 0.05) is 51.4 Å². The van der Waals surface area contributed by atoms with E-state index in [0.717, 1.165) is 17.8 Å². The predicted molar refractivity (Wildman–Crippen MR) is 212 cm³/mol. The molecule has 4 aromatic rings. The van der Waals surface area contributed by atoms with Crippen molar-refractivity contribution in [2.24, 2.45) is 0 Å². The van der Waals surface area contributed by atoms with Crippen LogP contribution < -0.4 is 14.4 Å². The fourth-order valence-corrected chi connectivity index (χ4v) is 8.23. The molecule has 6 rings (SSSR count). The van der Waals surface area contributed by atoms with Gasteiger partial charge in [-0.05, 0) is 93.1 Å². The minimum Gasteiger partial charge on any atom is -0.460 e. The number of hydrogen-bond acceptors (Lipinski definition) is 9. The lowest BCUT2D eigenvalue weighted by molar-refractivity contribution is -0.155. The van der Waals surface area contributed by atoms with Crippen molar-refractivity contribution in [2.75, 3.05) is 55.4 Å². The number of hydrogen-bond donors (Lipinski definition) is 1. The van der Waals surface area contributed by atoms with E-state index in [1.54, 1.807) is 59.5 Å². The van der Waals surface area contributed by atoms with E-state index < -0.39 is 27.5 Å². The van der Waals surface area contributed by atoms with Gasteiger partial charge in [0.25, 0.3) is 5.91 Å². The van der Waals surface area contributed by atoms with E-state index in [2.05, 4.69) is 19.5 Å². The quantitative estimate of drug-likeness (QED) is 0.144. The number of likely N-dealkylation sites (tertiary alicyclic amines) is 1. The maximum absolute atomic E-state index is 13.9. The van der Waals surface area contributed by atoms with E-state index in [4.69, 9.17) is 9.47 Å². The molecular formula is C42H48F3N5O6S. The molecule has 3 heterocycles. The highest BCUT2D eigenvalue weighted by Gasteiger charge is 2.32. The van der Waals surface area contributed by atoms with Gasteiger partial charge in [-0.1, -0.05) is 42.5 Å². The molecule has 0 unspecified atom stereocenters. The molecule has 3 aromatic carbocycles. The molecular weight excluding hydrogens is 760 g/mol. The van der Waals surface area contributed by atoms with Crippen LogP contribution in [0.1, 0.15) is 73.1 Å². The molecule has 2 fully saturated rings. The van der Waals surface area contributed by atoms with Crippen LogP contribution in [-0.4, -0.2) is 86.5 Å². The summed E-state index contributed by atoms with van der Waals surface area (Å²) in [6, 6.07) is 23.6. The molecule has 2 aliphatic heterocycles. The lowest BCUT2D eigenvalue weighted by Gasteiger charge is -2.37. The van der Waals surface area contributed by atoms with Gasteiger partial charge in [-0.15, -0.1) is 0 Å². The van der Waals surface area contributed by atoms with E-state index in [1.807, 2.05) is 39.0 Å². The monoisotopic (exact) mass is 807 g/mol. The Balaban J connectivity index is 1.09. The maximum Gasteiger partial charge on any atom is 0.433 e. The molecule has 1 N–H and O–H groups in total. The fourth-order valence-electron chi connectivity index (χ4n) is 7.03. The normalized spacial score (nSPS) is 16.0. The van der Waals surface area contributed by atoms with E-state index in [-0.39, 0.29) is 35.7 Å². The Morgan fingerprint density at radius 3 is 2.12 bits per heavy atom. The van der Waals surface area contributed by atoms with Gasteiger partial charge in [-0.25, -0.2) is 13.4 Å². The van der Waals surface area contributed by atoms with Crippen LogP contribution in [0, 0.1) is 0 Å². The third-order valence-corrected chi connectivity index (χ3v) is 11.1. The number of anilines is 2. The van der Waals surface area contributed by atoms with E-state index in [1.165, 1.54) is 6.07 Å². The van der Waals surface area contributed by atoms with Gasteiger partial charge in [-0.2, -0.15) is 13.2 Å². The van der Waals surface area contributed by atoms with Gasteiger partial charge >= 0.3 is 12.1 Å². The summed E-state index contributed by atoms with van der Waals surface area (Å²) in [5, 5.41) is 0. The van der Waals surface area contributed by atoms with Crippen LogP contribution in [-0.2, 0) is 31.5 Å². The van der Waals surface area contributed by atoms with Gasteiger partial charge in [0.2, 0.25) is 10.0 Å². The van der Waals surface area contributed by atoms with E-state index >= 15 is 0 Å². The Kier molecular flexibility index (Phi) is 12.8. The lowest BCUT2D eigenvalue weighted by Crippen LogP contribution is -2.47. The van der Waals surface area contributed by atoms with E-state index in [9.17, 15) is 31.2 Å². The van der Waals surface area contributed by atoms with Crippen LogP contribution in [0.2, 0.25) is 0 Å². The summed E-state index contributed by atoms with van der Waals surface area (Å²) < 4.78 is 79.5. The number of pyridine rings is 1. The zero-order valence-corrected chi connectivity index (χ0v) is 33.1. The average Bonchev–Trinajstić information content (AvgIpc) is 3.17. The molecule has 2 saturated heterocycles. The molecule has 1 aromatic heterocycles. The number of nitrogens with one attached hydrogen (secondary N) is 1. The number of carbonyl (C=O) groups is 2. The molecule has 304 valence electrons. The van der Waals surface area contributed by atoms with Crippen molar-refractivity contribution >= 4 is 33.3 Å². The number of halogens is 3. The third-order valence-electron chi connectivity index (χ3n) is 9.87. The topological polar surface area (TPSA) is 121 Å². The van der Waals surface area contributed by atoms with Crippen molar-refractivity contribution in [3.63, 3.8) is 0 Å². The first-order valence-corrected chi connectivity index (χ1v) is 20.6. The number of carbonyl (C=O) groups excluding carboxylic acids is 2. The zero-order chi connectivity index (χ0) is 40.8. The van der Waals surface area contributed by atoms with E-state index in [0.29, 0.717) is 86.9 Å². The predicted octanol–water partition coefficient (Wildman–Crippen LogP) is 7.71. The maximum atomic E-state index is 13.9. The van der Waals surface area contributed by atoms with Gasteiger partial charge < -0.3 is 19.3 Å². The Morgan fingerprint density at radius 2 is 1.51 bits per heavy atom. The lowest BCUT2D eigenvalue weighted by atomic mass is 9.89. The van der Waals surface area contributed by atoms with Crippen molar-refractivity contribution in [1.29, 1.82) is 0 Å². The number of piperazine rings is 1. The number of benzene rings is 3. The SMILES string of the molecule is CC(C)(C)OC(=O)CCN1CCN(c2ccc(C(=O)N3CCC(c4ccc(Oc5ccc(C(F)(F)F)nc5)cc4)CC3)cc2NS(=O)(=O)Cc2ccccc2)CC1. The number of sulfonamides is 1. The van der Waals surface area contributed by atoms with Gasteiger partial charge in [0.1, 0.15) is 22.8 Å². The number of ether oxygens (including phenoxy) is 2. The summed E-state index contributed by atoms with van der Waals surface area (Å²) in [6.45, 7) is 9.62. The number of rotatable bonds is 12. The number of amides is 1. The van der Waals surface area contributed by atoms with Crippen molar-refractivity contribution < 1.29 is 40.7 Å². The smallest absolute Gasteiger partial charge is 0.433 e.